The molecule has 0 saturated heterocycles. The lowest BCUT2D eigenvalue weighted by atomic mass is 10.2. The van der Waals surface area contributed by atoms with Gasteiger partial charge < -0.3 is 19.1 Å². The number of benzene rings is 1. The highest BCUT2D eigenvalue weighted by atomic mass is 35.5. The van der Waals surface area contributed by atoms with Crippen molar-refractivity contribution in [2.45, 2.75) is 6.54 Å². The van der Waals surface area contributed by atoms with E-state index in [0.717, 1.165) is 4.88 Å². The first-order valence-corrected chi connectivity index (χ1v) is 9.23. The van der Waals surface area contributed by atoms with Crippen LogP contribution in [0, 0.1) is 0 Å². The molecule has 2 rings (SSSR count). The van der Waals surface area contributed by atoms with E-state index in [1.807, 2.05) is 17.5 Å². The van der Waals surface area contributed by atoms with Crippen molar-refractivity contribution in [3.63, 3.8) is 0 Å². The standard InChI is InChI=1S/C19H20ClNO5S/c1-21(11-14-5-4-8-27-14)17(22)12-26-18(23)7-6-13-9-15(20)19(25-3)16(10-13)24-2/h4-10H,11-12H2,1-3H3/b7-6+. The highest BCUT2D eigenvalue weighted by molar-refractivity contribution is 7.09. The number of carbonyl (C=O) groups excluding carboxylic acids is 2. The zero-order valence-corrected chi connectivity index (χ0v) is 16.8. The molecule has 0 aliphatic rings. The number of esters is 1. The summed E-state index contributed by atoms with van der Waals surface area (Å²) in [5, 5.41) is 2.30. The molecule has 0 atom stereocenters. The summed E-state index contributed by atoms with van der Waals surface area (Å²) < 4.78 is 15.4. The zero-order valence-electron chi connectivity index (χ0n) is 15.2. The number of hydrogen-bond acceptors (Lipinski definition) is 6. The van der Waals surface area contributed by atoms with Gasteiger partial charge in [0.15, 0.2) is 18.1 Å². The number of likely N-dealkylation sites (N-methyl/N-ethyl adjacent to an activating group) is 1. The Kier molecular flexibility index (Phi) is 7.69. The normalized spacial score (nSPS) is 10.7. The van der Waals surface area contributed by atoms with Crippen LogP contribution in [0.15, 0.2) is 35.7 Å². The maximum Gasteiger partial charge on any atom is 0.331 e. The van der Waals surface area contributed by atoms with Gasteiger partial charge in [-0.05, 0) is 35.2 Å². The lowest BCUT2D eigenvalue weighted by Gasteiger charge is -2.15. The Balaban J connectivity index is 1.89. The number of thiophene rings is 1. The smallest absolute Gasteiger partial charge is 0.331 e. The molecule has 0 saturated carbocycles. The van der Waals surface area contributed by atoms with Gasteiger partial charge in [0, 0.05) is 18.0 Å². The van der Waals surface area contributed by atoms with E-state index < -0.39 is 5.97 Å². The van der Waals surface area contributed by atoms with Gasteiger partial charge >= 0.3 is 5.97 Å². The number of ether oxygens (including phenoxy) is 3. The van der Waals surface area contributed by atoms with Crippen LogP contribution in [0.2, 0.25) is 5.02 Å². The molecule has 1 amide bonds. The van der Waals surface area contributed by atoms with Gasteiger partial charge in [-0.3, -0.25) is 4.79 Å². The molecule has 27 heavy (non-hydrogen) atoms. The van der Waals surface area contributed by atoms with Crippen LogP contribution in [0.3, 0.4) is 0 Å². The van der Waals surface area contributed by atoms with Crippen LogP contribution in [0.5, 0.6) is 11.5 Å². The molecule has 6 nitrogen and oxygen atoms in total. The Morgan fingerprint density at radius 3 is 2.67 bits per heavy atom. The second-order valence-electron chi connectivity index (χ2n) is 5.51. The predicted molar refractivity (Wildman–Crippen MR) is 105 cm³/mol. The van der Waals surface area contributed by atoms with E-state index in [4.69, 9.17) is 25.8 Å². The van der Waals surface area contributed by atoms with Crippen molar-refractivity contribution in [2.75, 3.05) is 27.9 Å². The number of rotatable bonds is 8. The van der Waals surface area contributed by atoms with Gasteiger partial charge in [-0.25, -0.2) is 4.79 Å². The van der Waals surface area contributed by atoms with E-state index in [2.05, 4.69) is 0 Å². The Morgan fingerprint density at radius 1 is 1.26 bits per heavy atom. The summed E-state index contributed by atoms with van der Waals surface area (Å²) in [5.74, 6) is -0.0419. The largest absolute Gasteiger partial charge is 0.493 e. The van der Waals surface area contributed by atoms with Crippen LogP contribution in [-0.4, -0.2) is 44.7 Å². The third-order valence-corrected chi connectivity index (χ3v) is 4.75. The molecule has 0 aliphatic heterocycles. The van der Waals surface area contributed by atoms with Crippen LogP contribution in [-0.2, 0) is 20.9 Å². The molecule has 1 aromatic carbocycles. The van der Waals surface area contributed by atoms with Crippen molar-refractivity contribution in [3.05, 3.63) is 51.2 Å². The van der Waals surface area contributed by atoms with Crippen molar-refractivity contribution in [3.8, 4) is 11.5 Å². The lowest BCUT2D eigenvalue weighted by Crippen LogP contribution is -2.30. The molecule has 0 aliphatic carbocycles. The van der Waals surface area contributed by atoms with Crippen LogP contribution in [0.25, 0.3) is 6.08 Å². The van der Waals surface area contributed by atoms with E-state index in [1.54, 1.807) is 30.5 Å². The molecular weight excluding hydrogens is 390 g/mol. The molecule has 0 radical (unpaired) electrons. The average molecular weight is 410 g/mol. The topological polar surface area (TPSA) is 65.1 Å². The van der Waals surface area contributed by atoms with Gasteiger partial charge in [-0.1, -0.05) is 17.7 Å². The minimum absolute atomic E-state index is 0.278. The number of nitrogens with zero attached hydrogens (tertiary/aromatic N) is 1. The Hall–Kier alpha value is -2.51. The number of hydrogen-bond donors (Lipinski definition) is 0. The van der Waals surface area contributed by atoms with Gasteiger partial charge in [0.05, 0.1) is 25.8 Å². The van der Waals surface area contributed by atoms with Gasteiger partial charge in [0.1, 0.15) is 0 Å². The molecule has 0 spiro atoms. The second-order valence-corrected chi connectivity index (χ2v) is 6.95. The maximum absolute atomic E-state index is 12.0. The first kappa shape index (κ1) is 20.8. The summed E-state index contributed by atoms with van der Waals surface area (Å²) in [5.41, 5.74) is 0.635. The number of methoxy groups -OCH3 is 2. The van der Waals surface area contributed by atoms with Crippen molar-refractivity contribution in [2.24, 2.45) is 0 Å². The molecule has 0 unspecified atom stereocenters. The Bertz CT molecular complexity index is 820. The van der Waals surface area contributed by atoms with E-state index in [-0.39, 0.29) is 12.5 Å². The quantitative estimate of drug-likeness (QED) is 0.492. The second kappa shape index (κ2) is 9.99. The number of amides is 1. The third kappa shape index (κ3) is 6.01. The summed E-state index contributed by atoms with van der Waals surface area (Å²) in [4.78, 5) is 26.5. The highest BCUT2D eigenvalue weighted by Gasteiger charge is 2.12. The molecule has 144 valence electrons. The maximum atomic E-state index is 12.0. The molecule has 1 aromatic heterocycles. The predicted octanol–water partition coefficient (Wildman–Crippen LogP) is 3.63. The first-order valence-electron chi connectivity index (χ1n) is 7.97. The fourth-order valence-corrected chi connectivity index (χ4v) is 3.27. The van der Waals surface area contributed by atoms with E-state index in [1.165, 1.54) is 31.3 Å². The van der Waals surface area contributed by atoms with E-state index in [0.29, 0.717) is 28.6 Å². The van der Waals surface area contributed by atoms with Crippen molar-refractivity contribution in [1.29, 1.82) is 0 Å². The highest BCUT2D eigenvalue weighted by Crippen LogP contribution is 2.36. The molecule has 2 aromatic rings. The van der Waals surface area contributed by atoms with Crippen LogP contribution in [0.4, 0.5) is 0 Å². The lowest BCUT2D eigenvalue weighted by molar-refractivity contribution is -0.147. The van der Waals surface area contributed by atoms with Crippen molar-refractivity contribution >= 4 is 40.9 Å². The number of carbonyl (C=O) groups is 2. The zero-order chi connectivity index (χ0) is 19.8. The van der Waals surface area contributed by atoms with Crippen molar-refractivity contribution in [1.82, 2.24) is 4.90 Å². The van der Waals surface area contributed by atoms with Crippen molar-refractivity contribution < 1.29 is 23.8 Å². The number of halogens is 1. The molecule has 0 fully saturated rings. The summed E-state index contributed by atoms with van der Waals surface area (Å²) in [6, 6.07) is 7.17. The van der Waals surface area contributed by atoms with Gasteiger partial charge in [0.2, 0.25) is 0 Å². The summed E-state index contributed by atoms with van der Waals surface area (Å²) in [6.07, 6.45) is 2.75. The minimum atomic E-state index is -0.626. The van der Waals surface area contributed by atoms with Crippen LogP contribution < -0.4 is 9.47 Å². The Labute approximate surface area is 166 Å². The van der Waals surface area contributed by atoms with Gasteiger partial charge in [0.25, 0.3) is 5.91 Å². The molecular formula is C19H20ClNO5S. The average Bonchev–Trinajstić information content (AvgIpc) is 3.16. The minimum Gasteiger partial charge on any atom is -0.493 e. The van der Waals surface area contributed by atoms with E-state index >= 15 is 0 Å². The molecule has 0 N–H and O–H groups in total. The van der Waals surface area contributed by atoms with E-state index in [9.17, 15) is 9.59 Å². The Morgan fingerprint density at radius 2 is 2.04 bits per heavy atom. The van der Waals surface area contributed by atoms with Crippen LogP contribution in [0.1, 0.15) is 10.4 Å². The molecule has 8 heteroatoms. The third-order valence-electron chi connectivity index (χ3n) is 3.60. The van der Waals surface area contributed by atoms with Crippen LogP contribution >= 0.6 is 22.9 Å². The molecule has 1 heterocycles. The summed E-state index contributed by atoms with van der Waals surface area (Å²) >= 11 is 7.68. The SMILES string of the molecule is COc1cc(/C=C/C(=O)OCC(=O)N(C)Cc2cccs2)cc(Cl)c1OC. The fraction of sp³-hybridized carbons (Fsp3) is 0.263. The first-order chi connectivity index (χ1) is 12.9. The van der Waals surface area contributed by atoms with Gasteiger partial charge in [-0.2, -0.15) is 0 Å². The fourth-order valence-electron chi connectivity index (χ4n) is 2.21. The summed E-state index contributed by atoms with van der Waals surface area (Å²) in [6.45, 7) is 0.159. The monoisotopic (exact) mass is 409 g/mol. The molecule has 0 bridgehead atoms. The summed E-state index contributed by atoms with van der Waals surface area (Å²) in [7, 11) is 4.65. The van der Waals surface area contributed by atoms with Gasteiger partial charge in [-0.15, -0.1) is 11.3 Å².